The maximum Gasteiger partial charge on any atom is 0.333 e. The number of halogens is 1. The topological polar surface area (TPSA) is 125 Å². The number of ether oxygens (including phenoxy) is 2. The lowest BCUT2D eigenvalue weighted by atomic mass is 10.2. The first-order valence-corrected chi connectivity index (χ1v) is 10.6. The zero-order valence-electron chi connectivity index (χ0n) is 17.6. The third-order valence-electron chi connectivity index (χ3n) is 4.81. The third-order valence-corrected chi connectivity index (χ3v) is 5.94. The number of nitrogens with one attached hydrogen (secondary N) is 1. The highest BCUT2D eigenvalue weighted by atomic mass is 35.5. The molecular weight excluding hydrogens is 472 g/mol. The molecule has 0 saturated carbocycles. The fourth-order valence-corrected chi connectivity index (χ4v) is 4.17. The molecule has 4 rings (SSSR count). The van der Waals surface area contributed by atoms with Crippen molar-refractivity contribution in [2.24, 2.45) is 14.1 Å². The van der Waals surface area contributed by atoms with Crippen LogP contribution in [0.1, 0.15) is 10.4 Å². The van der Waals surface area contributed by atoms with E-state index in [2.05, 4.69) is 10.3 Å². The molecule has 12 heteroatoms. The summed E-state index contributed by atoms with van der Waals surface area (Å²) in [7, 11) is 3.89. The van der Waals surface area contributed by atoms with Gasteiger partial charge in [-0.05, 0) is 30.3 Å². The molecular formula is C21H17ClN4O6S. The minimum absolute atomic E-state index is 0.274. The summed E-state index contributed by atoms with van der Waals surface area (Å²) in [5.74, 6) is -0.977. The number of carbonyl (C=O) groups excluding carboxylic acids is 1. The van der Waals surface area contributed by atoms with E-state index in [1.54, 1.807) is 24.3 Å². The molecule has 2 N–H and O–H groups in total. The van der Waals surface area contributed by atoms with Crippen molar-refractivity contribution >= 4 is 44.7 Å². The molecule has 170 valence electrons. The van der Waals surface area contributed by atoms with E-state index in [1.807, 2.05) is 0 Å². The van der Waals surface area contributed by atoms with Gasteiger partial charge in [0.2, 0.25) is 5.88 Å². The number of thiazole rings is 1. The molecule has 2 heterocycles. The largest absolute Gasteiger partial charge is 0.494 e. The first-order chi connectivity index (χ1) is 15.7. The highest BCUT2D eigenvalue weighted by Gasteiger charge is 2.22. The molecule has 10 nitrogen and oxygen atoms in total. The summed E-state index contributed by atoms with van der Waals surface area (Å²) in [5.41, 5.74) is -1.23. The summed E-state index contributed by atoms with van der Waals surface area (Å²) in [4.78, 5) is 41.3. The van der Waals surface area contributed by atoms with Crippen LogP contribution in [0, 0.1) is 0 Å². The monoisotopic (exact) mass is 488 g/mol. The Morgan fingerprint density at radius 3 is 2.61 bits per heavy atom. The first kappa shape index (κ1) is 22.4. The number of methoxy groups -OCH3 is 1. The molecule has 0 radical (unpaired) electrons. The van der Waals surface area contributed by atoms with Crippen LogP contribution < -0.4 is 26.0 Å². The highest BCUT2D eigenvalue weighted by molar-refractivity contribution is 7.20. The van der Waals surface area contributed by atoms with Gasteiger partial charge >= 0.3 is 5.69 Å². The molecule has 0 bridgehead atoms. The van der Waals surface area contributed by atoms with Crippen molar-refractivity contribution < 1.29 is 19.4 Å². The Balaban J connectivity index is 1.61. The minimum atomic E-state index is -0.920. The Hall–Kier alpha value is -3.83. The maximum absolute atomic E-state index is 12.7. The van der Waals surface area contributed by atoms with Gasteiger partial charge in [0, 0.05) is 30.9 Å². The second-order valence-corrected chi connectivity index (χ2v) is 8.35. The number of hydrogen-bond acceptors (Lipinski definition) is 8. The number of benzene rings is 2. The van der Waals surface area contributed by atoms with Crippen LogP contribution in [0.25, 0.3) is 10.2 Å². The number of hydrogen-bond donors (Lipinski definition) is 2. The quantitative estimate of drug-likeness (QED) is 0.442. The van der Waals surface area contributed by atoms with Crippen molar-refractivity contribution in [1.29, 1.82) is 0 Å². The number of nitrogens with zero attached hydrogens (tertiary/aromatic N) is 3. The van der Waals surface area contributed by atoms with Gasteiger partial charge in [-0.2, -0.15) is 0 Å². The van der Waals surface area contributed by atoms with Gasteiger partial charge in [-0.1, -0.05) is 22.9 Å². The summed E-state index contributed by atoms with van der Waals surface area (Å²) in [6.07, 6.45) is 0. The summed E-state index contributed by atoms with van der Waals surface area (Å²) < 4.78 is 13.6. The van der Waals surface area contributed by atoms with Crippen LogP contribution in [0.5, 0.6) is 22.6 Å². The van der Waals surface area contributed by atoms with Gasteiger partial charge in [-0.15, -0.1) is 0 Å². The highest BCUT2D eigenvalue weighted by Crippen LogP contribution is 2.37. The molecule has 2 aromatic carbocycles. The van der Waals surface area contributed by atoms with Gasteiger partial charge in [-0.3, -0.25) is 18.7 Å². The van der Waals surface area contributed by atoms with Crippen LogP contribution in [0.15, 0.2) is 46.0 Å². The van der Waals surface area contributed by atoms with E-state index in [-0.39, 0.29) is 5.69 Å². The number of rotatable bonds is 5. The molecule has 0 aliphatic carbocycles. The van der Waals surface area contributed by atoms with Gasteiger partial charge in [0.05, 0.1) is 17.3 Å². The molecule has 0 unspecified atom stereocenters. The van der Waals surface area contributed by atoms with Crippen LogP contribution in [-0.2, 0) is 14.1 Å². The Morgan fingerprint density at radius 1 is 1.12 bits per heavy atom. The number of aromatic hydroxyl groups is 1. The molecule has 1 amide bonds. The smallest absolute Gasteiger partial charge is 0.333 e. The Kier molecular flexibility index (Phi) is 5.83. The molecule has 0 saturated heterocycles. The van der Waals surface area contributed by atoms with E-state index >= 15 is 0 Å². The van der Waals surface area contributed by atoms with Crippen LogP contribution in [-0.4, -0.2) is 32.2 Å². The van der Waals surface area contributed by atoms with Crippen molar-refractivity contribution in [2.45, 2.75) is 0 Å². The Morgan fingerprint density at radius 2 is 1.88 bits per heavy atom. The molecule has 33 heavy (non-hydrogen) atoms. The van der Waals surface area contributed by atoms with E-state index in [1.165, 1.54) is 44.7 Å². The third kappa shape index (κ3) is 4.15. The fraction of sp³-hybridized carbons (Fsp3) is 0.143. The van der Waals surface area contributed by atoms with Crippen LogP contribution >= 0.6 is 22.9 Å². The molecule has 4 aromatic rings. The summed E-state index contributed by atoms with van der Waals surface area (Å²) in [5, 5.41) is 13.6. The first-order valence-electron chi connectivity index (χ1n) is 9.42. The van der Waals surface area contributed by atoms with Crippen LogP contribution in [0.2, 0.25) is 5.02 Å². The number of anilines is 1. The van der Waals surface area contributed by atoms with E-state index < -0.39 is 28.6 Å². The number of aromatic nitrogens is 3. The summed E-state index contributed by atoms with van der Waals surface area (Å²) in [6, 6.07) is 9.89. The lowest BCUT2D eigenvalue weighted by Crippen LogP contribution is -2.40. The van der Waals surface area contributed by atoms with Gasteiger partial charge in [0.1, 0.15) is 0 Å². The summed E-state index contributed by atoms with van der Waals surface area (Å²) in [6.45, 7) is 0. The van der Waals surface area contributed by atoms with Crippen molar-refractivity contribution in [3.63, 3.8) is 0 Å². The minimum Gasteiger partial charge on any atom is -0.494 e. The maximum atomic E-state index is 12.7. The van der Waals surface area contributed by atoms with E-state index in [9.17, 15) is 19.5 Å². The Labute approximate surface area is 195 Å². The van der Waals surface area contributed by atoms with Crippen LogP contribution in [0.4, 0.5) is 5.69 Å². The second-order valence-electron chi connectivity index (χ2n) is 6.92. The predicted molar refractivity (Wildman–Crippen MR) is 124 cm³/mol. The second kappa shape index (κ2) is 8.60. The molecule has 0 atom stereocenters. The van der Waals surface area contributed by atoms with Crippen molar-refractivity contribution in [2.75, 3.05) is 12.4 Å². The van der Waals surface area contributed by atoms with Gasteiger partial charge < -0.3 is 19.9 Å². The summed E-state index contributed by atoms with van der Waals surface area (Å²) >= 11 is 7.32. The van der Waals surface area contributed by atoms with Gasteiger partial charge in [0.25, 0.3) is 16.7 Å². The molecule has 0 spiro atoms. The fourth-order valence-electron chi connectivity index (χ4n) is 3.07. The zero-order chi connectivity index (χ0) is 23.9. The predicted octanol–water partition coefficient (Wildman–Crippen LogP) is 3.11. The van der Waals surface area contributed by atoms with Gasteiger partial charge in [0.15, 0.2) is 17.1 Å². The normalized spacial score (nSPS) is 10.9. The van der Waals surface area contributed by atoms with Crippen molar-refractivity contribution in [1.82, 2.24) is 14.1 Å². The molecule has 0 aliphatic rings. The lowest BCUT2D eigenvalue weighted by molar-refractivity contribution is 0.102. The van der Waals surface area contributed by atoms with Crippen molar-refractivity contribution in [3.8, 4) is 22.6 Å². The average Bonchev–Trinajstić information content (AvgIpc) is 3.18. The molecule has 2 aromatic heterocycles. The van der Waals surface area contributed by atoms with E-state index in [0.717, 1.165) is 19.4 Å². The average molecular weight is 489 g/mol. The van der Waals surface area contributed by atoms with Crippen LogP contribution in [0.3, 0.4) is 0 Å². The van der Waals surface area contributed by atoms with Gasteiger partial charge in [-0.25, -0.2) is 9.78 Å². The van der Waals surface area contributed by atoms with E-state index in [4.69, 9.17) is 21.1 Å². The lowest BCUT2D eigenvalue weighted by Gasteiger charge is -2.13. The zero-order valence-corrected chi connectivity index (χ0v) is 19.2. The molecule has 0 aliphatic heterocycles. The molecule has 0 fully saturated rings. The Bertz CT molecular complexity index is 1520. The number of fused-ring (bicyclic) bond motifs is 1. The SMILES string of the molecule is COc1cc(NC(=O)c2c(O)n(C)c(=O)n(C)c2=O)ccc1Oc1nc2ccc(Cl)cc2s1. The number of carbonyl (C=O) groups is 1. The van der Waals surface area contributed by atoms with E-state index in [0.29, 0.717) is 21.7 Å². The number of amides is 1. The standard InChI is InChI=1S/C21H17ClN4O6S/c1-25-18(28)16(19(29)26(2)21(25)30)17(27)23-11-5-7-13(14(9-11)31-3)32-20-24-12-6-4-10(22)8-15(12)33-20/h4-9,28H,1-3H3,(H,23,27). The van der Waals surface area contributed by atoms with Crippen molar-refractivity contribution in [3.05, 3.63) is 67.8 Å².